The van der Waals surface area contributed by atoms with Crippen LogP contribution < -0.4 is 5.32 Å². The second kappa shape index (κ2) is 6.51. The first kappa shape index (κ1) is 16.9. The SMILES string of the molecule is CC(C)N1C(=O)N[C@](C)([C@H]2CCCN(Cc3ccccn3)C2)C1=O. The minimum absolute atomic E-state index is 0.0906. The lowest BCUT2D eigenvalue weighted by Crippen LogP contribution is -2.56. The molecule has 0 unspecified atom stereocenters. The average molecular weight is 330 g/mol. The largest absolute Gasteiger partial charge is 0.325 e. The van der Waals surface area contributed by atoms with E-state index in [1.165, 1.54) is 4.90 Å². The number of nitrogens with zero attached hydrogens (tertiary/aromatic N) is 3. The third-order valence-corrected chi connectivity index (χ3v) is 5.20. The van der Waals surface area contributed by atoms with Crippen molar-refractivity contribution >= 4 is 11.9 Å². The lowest BCUT2D eigenvalue weighted by Gasteiger charge is -2.39. The Kier molecular flexibility index (Phi) is 4.58. The van der Waals surface area contributed by atoms with Gasteiger partial charge in [-0.15, -0.1) is 0 Å². The van der Waals surface area contributed by atoms with Crippen LogP contribution in [-0.2, 0) is 11.3 Å². The molecular formula is C18H26N4O2. The third-order valence-electron chi connectivity index (χ3n) is 5.20. The first-order valence-electron chi connectivity index (χ1n) is 8.70. The molecular weight excluding hydrogens is 304 g/mol. The molecule has 0 radical (unpaired) electrons. The molecule has 1 aromatic rings. The lowest BCUT2D eigenvalue weighted by atomic mass is 9.79. The zero-order valence-corrected chi connectivity index (χ0v) is 14.7. The van der Waals surface area contributed by atoms with Crippen molar-refractivity contribution < 1.29 is 9.59 Å². The maximum Gasteiger partial charge on any atom is 0.325 e. The van der Waals surface area contributed by atoms with Crippen molar-refractivity contribution in [3.05, 3.63) is 30.1 Å². The highest BCUT2D eigenvalue weighted by molar-refractivity contribution is 6.07. The summed E-state index contributed by atoms with van der Waals surface area (Å²) in [5.41, 5.74) is 0.235. The van der Waals surface area contributed by atoms with Crippen molar-refractivity contribution in [3.63, 3.8) is 0 Å². The Morgan fingerprint density at radius 3 is 2.79 bits per heavy atom. The second-order valence-corrected chi connectivity index (χ2v) is 7.30. The zero-order chi connectivity index (χ0) is 17.3. The van der Waals surface area contributed by atoms with E-state index in [0.29, 0.717) is 0 Å². The molecule has 130 valence electrons. The Balaban J connectivity index is 1.72. The van der Waals surface area contributed by atoms with Gasteiger partial charge in [0.25, 0.3) is 5.91 Å². The summed E-state index contributed by atoms with van der Waals surface area (Å²) in [4.78, 5) is 33.2. The molecule has 2 aliphatic rings. The summed E-state index contributed by atoms with van der Waals surface area (Å²) in [6.07, 6.45) is 3.78. The van der Waals surface area contributed by atoms with Crippen LogP contribution in [0.1, 0.15) is 39.3 Å². The Morgan fingerprint density at radius 2 is 2.17 bits per heavy atom. The summed E-state index contributed by atoms with van der Waals surface area (Å²) in [5, 5.41) is 2.96. The highest BCUT2D eigenvalue weighted by Gasteiger charge is 2.53. The molecule has 3 heterocycles. The zero-order valence-electron chi connectivity index (χ0n) is 14.7. The molecule has 2 saturated heterocycles. The normalized spacial score (nSPS) is 28.5. The van der Waals surface area contributed by atoms with Gasteiger partial charge in [0.2, 0.25) is 0 Å². The predicted molar refractivity (Wildman–Crippen MR) is 91.2 cm³/mol. The van der Waals surface area contributed by atoms with Crippen molar-refractivity contribution in [2.75, 3.05) is 13.1 Å². The van der Waals surface area contributed by atoms with Gasteiger partial charge in [-0.25, -0.2) is 4.79 Å². The summed E-state index contributed by atoms with van der Waals surface area (Å²) in [5.74, 6) is 0.0300. The highest BCUT2D eigenvalue weighted by atomic mass is 16.2. The van der Waals surface area contributed by atoms with Crippen LogP contribution in [0.5, 0.6) is 0 Å². The summed E-state index contributed by atoms with van der Waals surface area (Å²) in [7, 11) is 0. The molecule has 2 atom stereocenters. The fraction of sp³-hybridized carbons (Fsp3) is 0.611. The van der Waals surface area contributed by atoms with Crippen LogP contribution in [0.4, 0.5) is 4.79 Å². The van der Waals surface area contributed by atoms with E-state index in [1.54, 1.807) is 6.20 Å². The number of hydrogen-bond donors (Lipinski definition) is 1. The van der Waals surface area contributed by atoms with Gasteiger partial charge in [-0.3, -0.25) is 19.6 Å². The van der Waals surface area contributed by atoms with Gasteiger partial charge in [-0.2, -0.15) is 0 Å². The number of pyridine rings is 1. The van der Waals surface area contributed by atoms with Crippen LogP contribution in [0.2, 0.25) is 0 Å². The number of aromatic nitrogens is 1. The minimum atomic E-state index is -0.801. The van der Waals surface area contributed by atoms with Crippen molar-refractivity contribution in [1.29, 1.82) is 0 Å². The van der Waals surface area contributed by atoms with Gasteiger partial charge >= 0.3 is 6.03 Å². The summed E-state index contributed by atoms with van der Waals surface area (Å²) in [6.45, 7) is 8.20. The van der Waals surface area contributed by atoms with Crippen molar-refractivity contribution in [2.24, 2.45) is 5.92 Å². The van der Waals surface area contributed by atoms with Crippen LogP contribution in [-0.4, -0.2) is 51.4 Å². The molecule has 0 saturated carbocycles. The van der Waals surface area contributed by atoms with Gasteiger partial charge in [-0.1, -0.05) is 6.07 Å². The Morgan fingerprint density at radius 1 is 1.38 bits per heavy atom. The molecule has 3 amide bonds. The van der Waals surface area contributed by atoms with Crippen molar-refractivity contribution in [2.45, 2.75) is 51.7 Å². The third kappa shape index (κ3) is 3.02. The molecule has 0 bridgehead atoms. The monoisotopic (exact) mass is 330 g/mol. The maximum absolute atomic E-state index is 12.9. The number of carbonyl (C=O) groups excluding carboxylic acids is 2. The molecule has 6 heteroatoms. The van der Waals surface area contributed by atoms with Crippen LogP contribution >= 0.6 is 0 Å². The van der Waals surface area contributed by atoms with Gasteiger partial charge in [0.1, 0.15) is 5.54 Å². The number of hydrogen-bond acceptors (Lipinski definition) is 4. The van der Waals surface area contributed by atoms with Crippen LogP contribution in [0.3, 0.4) is 0 Å². The van der Waals surface area contributed by atoms with Gasteiger partial charge in [0, 0.05) is 31.2 Å². The number of carbonyl (C=O) groups is 2. The van der Waals surface area contributed by atoms with E-state index in [2.05, 4.69) is 15.2 Å². The topological polar surface area (TPSA) is 65.5 Å². The fourth-order valence-corrected chi connectivity index (χ4v) is 3.82. The van der Waals surface area contributed by atoms with Gasteiger partial charge in [0.05, 0.1) is 5.69 Å². The summed E-state index contributed by atoms with van der Waals surface area (Å²) >= 11 is 0. The standard InChI is InChI=1S/C18H26N4O2/c1-13(2)22-16(23)18(3,20-17(22)24)14-7-6-10-21(11-14)12-15-8-4-5-9-19-15/h4-5,8-9,13-14H,6-7,10-12H2,1-3H3,(H,20,24)/t14-,18+/m0/s1. The first-order chi connectivity index (χ1) is 11.4. The predicted octanol–water partition coefficient (Wildman–Crippen LogP) is 2.01. The van der Waals surface area contributed by atoms with E-state index in [9.17, 15) is 9.59 Å². The quantitative estimate of drug-likeness (QED) is 0.858. The molecule has 0 aromatic carbocycles. The molecule has 24 heavy (non-hydrogen) atoms. The van der Waals surface area contributed by atoms with E-state index < -0.39 is 5.54 Å². The number of likely N-dealkylation sites (tertiary alicyclic amines) is 1. The number of urea groups is 1. The number of imide groups is 1. The van der Waals surface area contributed by atoms with Gasteiger partial charge < -0.3 is 5.32 Å². The molecule has 6 nitrogen and oxygen atoms in total. The Labute approximate surface area is 143 Å². The minimum Gasteiger partial charge on any atom is -0.323 e. The summed E-state index contributed by atoms with van der Waals surface area (Å²) in [6, 6.07) is 5.55. The smallest absolute Gasteiger partial charge is 0.323 e. The Hall–Kier alpha value is -1.95. The Bertz CT molecular complexity index is 619. The molecule has 0 spiro atoms. The van der Waals surface area contributed by atoms with Crippen molar-refractivity contribution in [1.82, 2.24) is 20.1 Å². The maximum atomic E-state index is 12.9. The van der Waals surface area contributed by atoms with E-state index in [-0.39, 0.29) is 23.9 Å². The van der Waals surface area contributed by atoms with Crippen LogP contribution in [0, 0.1) is 5.92 Å². The van der Waals surface area contributed by atoms with Crippen molar-refractivity contribution in [3.8, 4) is 0 Å². The molecule has 1 aromatic heterocycles. The van der Waals surface area contributed by atoms with Gasteiger partial charge in [0.15, 0.2) is 0 Å². The number of rotatable bonds is 4. The summed E-state index contributed by atoms with van der Waals surface area (Å²) < 4.78 is 0. The molecule has 3 rings (SSSR count). The molecule has 2 fully saturated rings. The number of piperidine rings is 1. The number of amides is 3. The van der Waals surface area contributed by atoms with E-state index >= 15 is 0 Å². The highest BCUT2D eigenvalue weighted by Crippen LogP contribution is 2.33. The lowest BCUT2D eigenvalue weighted by molar-refractivity contribution is -0.134. The average Bonchev–Trinajstić information content (AvgIpc) is 2.79. The molecule has 1 N–H and O–H groups in total. The van der Waals surface area contributed by atoms with Gasteiger partial charge in [-0.05, 0) is 52.3 Å². The first-order valence-corrected chi connectivity index (χ1v) is 8.70. The number of nitrogens with one attached hydrogen (secondary N) is 1. The molecule has 2 aliphatic heterocycles. The fourth-order valence-electron chi connectivity index (χ4n) is 3.82. The van der Waals surface area contributed by atoms with E-state index in [4.69, 9.17) is 0 Å². The molecule has 0 aliphatic carbocycles. The van der Waals surface area contributed by atoms with Crippen LogP contribution in [0.25, 0.3) is 0 Å². The van der Waals surface area contributed by atoms with Crippen LogP contribution in [0.15, 0.2) is 24.4 Å². The van der Waals surface area contributed by atoms with E-state index in [1.807, 2.05) is 39.0 Å². The second-order valence-electron chi connectivity index (χ2n) is 7.30. The van der Waals surface area contributed by atoms with E-state index in [0.717, 1.165) is 38.2 Å².